The maximum absolute atomic E-state index is 12.7. The van der Waals surface area contributed by atoms with Crippen molar-refractivity contribution in [3.05, 3.63) is 102 Å². The predicted octanol–water partition coefficient (Wildman–Crippen LogP) is 7.13. The summed E-state index contributed by atoms with van der Waals surface area (Å²) in [6, 6.07) is 23.5. The van der Waals surface area contributed by atoms with Crippen LogP contribution in [0.25, 0.3) is 0 Å². The zero-order valence-electron chi connectivity index (χ0n) is 21.9. The van der Waals surface area contributed by atoms with Crippen molar-refractivity contribution in [2.45, 2.75) is 76.5 Å². The Morgan fingerprint density at radius 3 is 2.06 bits per heavy atom. The number of carbonyl (C=O) groups excluding carboxylic acids is 1. The van der Waals surface area contributed by atoms with E-state index >= 15 is 0 Å². The zero-order chi connectivity index (χ0) is 25.6. The summed E-state index contributed by atoms with van der Waals surface area (Å²) in [6.45, 7) is 9.31. The van der Waals surface area contributed by atoms with Crippen LogP contribution in [0.5, 0.6) is 0 Å². The molecule has 2 atom stereocenters. The van der Waals surface area contributed by atoms with Crippen molar-refractivity contribution in [1.82, 2.24) is 10.0 Å². The van der Waals surface area contributed by atoms with E-state index in [9.17, 15) is 4.79 Å². The number of pyridine rings is 1. The molecule has 2 aromatic carbocycles. The Labute approximate surface area is 215 Å². The molecule has 0 N–H and O–H groups in total. The Morgan fingerprint density at radius 2 is 1.44 bits per heavy atom. The van der Waals surface area contributed by atoms with Crippen LogP contribution in [0.3, 0.4) is 0 Å². The lowest BCUT2D eigenvalue weighted by Gasteiger charge is -2.52. The van der Waals surface area contributed by atoms with E-state index in [0.29, 0.717) is 12.0 Å². The molecule has 0 radical (unpaired) electrons. The van der Waals surface area contributed by atoms with Crippen LogP contribution in [0.4, 0.5) is 0 Å². The number of hydrogen-bond acceptors (Lipinski definition) is 5. The van der Waals surface area contributed by atoms with E-state index in [1.807, 2.05) is 36.4 Å². The Balaban J connectivity index is 1.61. The van der Waals surface area contributed by atoms with E-state index in [0.717, 1.165) is 24.0 Å². The van der Waals surface area contributed by atoms with Crippen molar-refractivity contribution in [3.8, 4) is 0 Å². The normalized spacial score (nSPS) is 18.8. The average molecular weight is 487 g/mol. The summed E-state index contributed by atoms with van der Waals surface area (Å²) in [7, 11) is 0. The molecule has 1 fully saturated rings. The van der Waals surface area contributed by atoms with Gasteiger partial charge in [0.1, 0.15) is 6.10 Å². The highest BCUT2D eigenvalue weighted by Gasteiger charge is 2.44. The molecule has 1 aliphatic heterocycles. The summed E-state index contributed by atoms with van der Waals surface area (Å²) in [5.41, 5.74) is 2.58. The number of nitrogens with zero attached hydrogens (tertiary/aromatic N) is 2. The van der Waals surface area contributed by atoms with Crippen molar-refractivity contribution >= 4 is 5.97 Å². The van der Waals surface area contributed by atoms with E-state index < -0.39 is 0 Å². The van der Waals surface area contributed by atoms with Crippen LogP contribution in [0, 0.1) is 0 Å². The molecule has 2 heterocycles. The van der Waals surface area contributed by atoms with Crippen LogP contribution in [0.15, 0.2) is 85.2 Å². The third-order valence-electron chi connectivity index (χ3n) is 7.18. The molecular formula is C31H38N2O3. The highest BCUT2D eigenvalue weighted by molar-refractivity contribution is 5.89. The monoisotopic (exact) mass is 486 g/mol. The topological polar surface area (TPSA) is 51.7 Å². The maximum atomic E-state index is 12.7. The van der Waals surface area contributed by atoms with Gasteiger partial charge in [-0.25, -0.2) is 4.79 Å². The fraction of sp³-hybridized carbons (Fsp3) is 0.419. The van der Waals surface area contributed by atoms with Gasteiger partial charge >= 0.3 is 5.97 Å². The van der Waals surface area contributed by atoms with Crippen LogP contribution in [-0.4, -0.2) is 33.7 Å². The molecule has 0 aliphatic carbocycles. The molecule has 0 saturated carbocycles. The summed E-state index contributed by atoms with van der Waals surface area (Å²) in [5, 5.41) is 2.22. The van der Waals surface area contributed by atoms with Crippen molar-refractivity contribution in [3.63, 3.8) is 0 Å². The summed E-state index contributed by atoms with van der Waals surface area (Å²) < 4.78 is 5.82. The first-order chi connectivity index (χ1) is 17.3. The van der Waals surface area contributed by atoms with Gasteiger partial charge in [-0.1, -0.05) is 48.5 Å². The Kier molecular flexibility index (Phi) is 8.22. The highest BCUT2D eigenvalue weighted by Crippen LogP contribution is 2.42. The van der Waals surface area contributed by atoms with Crippen molar-refractivity contribution in [2.24, 2.45) is 0 Å². The Bertz CT molecular complexity index is 1080. The molecule has 0 bridgehead atoms. The molecular weight excluding hydrogens is 448 g/mol. The van der Waals surface area contributed by atoms with E-state index in [1.165, 1.54) is 6.42 Å². The molecule has 4 rings (SSSR count). The van der Waals surface area contributed by atoms with Crippen LogP contribution in [-0.2, 0) is 9.57 Å². The third kappa shape index (κ3) is 6.40. The number of benzene rings is 2. The minimum Gasteiger partial charge on any atom is -0.461 e. The molecule has 1 aliphatic rings. The SMILES string of the molecule is CC1(C)CCCC(C)(C)N1OC(CC(COC(=O)c1ccccc1)c1ccncc1)c1ccccc1. The van der Waals surface area contributed by atoms with Crippen molar-refractivity contribution in [2.75, 3.05) is 6.61 Å². The Hall–Kier alpha value is -3.02. The molecule has 1 saturated heterocycles. The van der Waals surface area contributed by atoms with Gasteiger partial charge in [0.25, 0.3) is 0 Å². The first kappa shape index (κ1) is 26.1. The van der Waals surface area contributed by atoms with E-state index in [2.05, 4.69) is 62.0 Å². The summed E-state index contributed by atoms with van der Waals surface area (Å²) in [5.74, 6) is -0.369. The second kappa shape index (κ2) is 11.4. The van der Waals surface area contributed by atoms with Crippen molar-refractivity contribution < 1.29 is 14.4 Å². The molecule has 0 spiro atoms. The van der Waals surface area contributed by atoms with Gasteiger partial charge in [-0.15, -0.1) is 0 Å². The van der Waals surface area contributed by atoms with Crippen LogP contribution >= 0.6 is 0 Å². The number of esters is 1. The molecule has 5 nitrogen and oxygen atoms in total. The fourth-order valence-electron chi connectivity index (χ4n) is 5.32. The standard InChI is InChI=1S/C31H38N2O3/c1-30(2)18-11-19-31(3,4)33(30)36-28(25-12-7-5-8-13-25)22-27(24-16-20-32-21-17-24)23-35-29(34)26-14-9-6-10-15-26/h5-10,12-17,20-21,27-28H,11,18-19,22-23H2,1-4H3. The lowest BCUT2D eigenvalue weighted by atomic mass is 9.82. The molecule has 3 aromatic rings. The fourth-order valence-corrected chi connectivity index (χ4v) is 5.32. The second-order valence-corrected chi connectivity index (χ2v) is 11.0. The second-order valence-electron chi connectivity index (χ2n) is 11.0. The maximum Gasteiger partial charge on any atom is 0.338 e. The average Bonchev–Trinajstić information content (AvgIpc) is 2.88. The van der Waals surface area contributed by atoms with Crippen LogP contribution in [0.1, 0.15) is 86.9 Å². The van der Waals surface area contributed by atoms with Crippen LogP contribution in [0.2, 0.25) is 0 Å². The Morgan fingerprint density at radius 1 is 0.861 bits per heavy atom. The predicted molar refractivity (Wildman–Crippen MR) is 142 cm³/mol. The molecule has 0 amide bonds. The van der Waals surface area contributed by atoms with E-state index in [4.69, 9.17) is 9.57 Å². The molecule has 1 aromatic heterocycles. The minimum atomic E-state index is -0.315. The van der Waals surface area contributed by atoms with Gasteiger partial charge in [0.2, 0.25) is 0 Å². The third-order valence-corrected chi connectivity index (χ3v) is 7.18. The van der Waals surface area contributed by atoms with Crippen molar-refractivity contribution in [1.29, 1.82) is 0 Å². The molecule has 2 unspecified atom stereocenters. The summed E-state index contributed by atoms with van der Waals surface area (Å²) in [4.78, 5) is 23.9. The van der Waals surface area contributed by atoms with Gasteiger partial charge in [0.15, 0.2) is 0 Å². The lowest BCUT2D eigenvalue weighted by Crippen LogP contribution is -2.58. The first-order valence-electron chi connectivity index (χ1n) is 12.9. The summed E-state index contributed by atoms with van der Waals surface area (Å²) >= 11 is 0. The number of rotatable bonds is 9. The largest absolute Gasteiger partial charge is 0.461 e. The lowest BCUT2D eigenvalue weighted by molar-refractivity contribution is -0.308. The van der Waals surface area contributed by atoms with E-state index in [-0.39, 0.29) is 35.7 Å². The number of piperidine rings is 1. The van der Waals surface area contributed by atoms with Gasteiger partial charge in [0.05, 0.1) is 12.2 Å². The van der Waals surface area contributed by atoms with Crippen LogP contribution < -0.4 is 0 Å². The minimum absolute atomic E-state index is 0.0538. The summed E-state index contributed by atoms with van der Waals surface area (Å²) in [6.07, 6.45) is 7.40. The van der Waals surface area contributed by atoms with Gasteiger partial charge in [-0.2, -0.15) is 5.06 Å². The molecule has 5 heteroatoms. The van der Waals surface area contributed by atoms with Gasteiger partial charge < -0.3 is 4.74 Å². The van der Waals surface area contributed by atoms with Gasteiger partial charge in [-0.05, 0) is 88.8 Å². The molecule has 36 heavy (non-hydrogen) atoms. The van der Waals surface area contributed by atoms with Gasteiger partial charge in [-0.3, -0.25) is 9.82 Å². The quantitative estimate of drug-likeness (QED) is 0.301. The number of hydroxylamine groups is 2. The van der Waals surface area contributed by atoms with E-state index in [1.54, 1.807) is 24.5 Å². The zero-order valence-corrected chi connectivity index (χ0v) is 21.9. The highest BCUT2D eigenvalue weighted by atomic mass is 16.7. The van der Waals surface area contributed by atoms with Gasteiger partial charge in [0, 0.05) is 29.4 Å². The number of ether oxygens (including phenoxy) is 1. The number of hydrogen-bond donors (Lipinski definition) is 0. The number of carbonyl (C=O) groups is 1. The first-order valence-corrected chi connectivity index (χ1v) is 12.9. The molecule has 190 valence electrons. The smallest absolute Gasteiger partial charge is 0.338 e. The number of aromatic nitrogens is 1.